The highest BCUT2D eigenvalue weighted by Gasteiger charge is 2.42. The van der Waals surface area contributed by atoms with E-state index in [1.807, 2.05) is 34.6 Å². The van der Waals surface area contributed by atoms with Crippen LogP contribution in [0, 0.1) is 0 Å². The summed E-state index contributed by atoms with van der Waals surface area (Å²) in [5, 5.41) is 0. The van der Waals surface area contributed by atoms with E-state index in [2.05, 4.69) is 6.92 Å². The van der Waals surface area contributed by atoms with Crippen LogP contribution in [0.4, 0.5) is 0 Å². The molecule has 0 N–H and O–H groups in total. The van der Waals surface area contributed by atoms with Crippen molar-refractivity contribution in [1.82, 2.24) is 0 Å². The molecule has 0 heterocycles. The normalized spacial score (nSPS) is 15.2. The first-order valence-corrected chi connectivity index (χ1v) is 6.85. The third kappa shape index (κ3) is 5.83. The van der Waals surface area contributed by atoms with Gasteiger partial charge in [0, 0.05) is 0 Å². The average molecular weight is 260 g/mol. The van der Waals surface area contributed by atoms with Gasteiger partial charge in [-0.1, -0.05) is 26.7 Å². The minimum atomic E-state index is -0.973. The van der Waals surface area contributed by atoms with Crippen LogP contribution in [0.3, 0.4) is 0 Å². The molecule has 0 aromatic rings. The van der Waals surface area contributed by atoms with Gasteiger partial charge in [-0.25, -0.2) is 14.6 Å². The van der Waals surface area contributed by atoms with Gasteiger partial charge in [0.25, 0.3) is 0 Å². The van der Waals surface area contributed by atoms with Crippen molar-refractivity contribution in [2.75, 3.05) is 6.61 Å². The van der Waals surface area contributed by atoms with Crippen molar-refractivity contribution in [2.24, 2.45) is 0 Å². The molecular weight excluding hydrogens is 232 g/mol. The fraction of sp³-hybridized carbons (Fsp3) is 0.929. The molecule has 108 valence electrons. The fourth-order valence-electron chi connectivity index (χ4n) is 1.56. The van der Waals surface area contributed by atoms with E-state index in [4.69, 9.17) is 14.5 Å². The molecule has 0 saturated carbocycles. The largest absolute Gasteiger partial charge is 0.458 e. The van der Waals surface area contributed by atoms with Crippen LogP contribution in [0.25, 0.3) is 0 Å². The number of rotatable bonds is 8. The Morgan fingerprint density at radius 1 is 1.11 bits per heavy atom. The van der Waals surface area contributed by atoms with Crippen LogP contribution in [0.15, 0.2) is 0 Å². The summed E-state index contributed by atoms with van der Waals surface area (Å²) in [7, 11) is 0. The van der Waals surface area contributed by atoms with Gasteiger partial charge < -0.3 is 4.74 Å². The Balaban J connectivity index is 4.84. The zero-order chi connectivity index (χ0) is 14.2. The molecule has 0 rings (SSSR count). The second kappa shape index (κ2) is 7.74. The number of hydrogen-bond donors (Lipinski definition) is 0. The third-order valence-corrected chi connectivity index (χ3v) is 2.61. The van der Waals surface area contributed by atoms with Crippen molar-refractivity contribution >= 4 is 5.97 Å². The average Bonchev–Trinajstić information content (AvgIpc) is 2.27. The van der Waals surface area contributed by atoms with Gasteiger partial charge in [0.1, 0.15) is 5.60 Å². The summed E-state index contributed by atoms with van der Waals surface area (Å²) in [5.74, 6) is -0.334. The number of esters is 1. The minimum Gasteiger partial charge on any atom is -0.458 e. The molecule has 0 radical (unpaired) electrons. The van der Waals surface area contributed by atoms with E-state index in [0.29, 0.717) is 19.4 Å². The van der Waals surface area contributed by atoms with Crippen molar-refractivity contribution in [3.63, 3.8) is 0 Å². The van der Waals surface area contributed by atoms with Gasteiger partial charge in [0.2, 0.25) is 0 Å². The molecule has 1 unspecified atom stereocenters. The summed E-state index contributed by atoms with van der Waals surface area (Å²) < 4.78 is 5.44. The maximum Gasteiger partial charge on any atom is 0.342 e. The fourth-order valence-corrected chi connectivity index (χ4v) is 1.56. The Kier molecular flexibility index (Phi) is 7.48. The van der Waals surface area contributed by atoms with E-state index < -0.39 is 11.2 Å². The lowest BCUT2D eigenvalue weighted by molar-refractivity contribution is -0.356. The van der Waals surface area contributed by atoms with Crippen molar-refractivity contribution in [1.29, 1.82) is 0 Å². The molecule has 18 heavy (non-hydrogen) atoms. The second-order valence-corrected chi connectivity index (χ2v) is 5.44. The van der Waals surface area contributed by atoms with Crippen LogP contribution in [0.5, 0.6) is 0 Å². The lowest BCUT2D eigenvalue weighted by Gasteiger charge is -2.32. The molecule has 0 aliphatic rings. The Labute approximate surface area is 111 Å². The van der Waals surface area contributed by atoms with Crippen LogP contribution < -0.4 is 0 Å². The molecule has 0 amide bonds. The predicted molar refractivity (Wildman–Crippen MR) is 71.1 cm³/mol. The summed E-state index contributed by atoms with van der Waals surface area (Å²) in [5.41, 5.74) is -1.49. The lowest BCUT2D eigenvalue weighted by atomic mass is 9.93. The summed E-state index contributed by atoms with van der Waals surface area (Å²) in [6.07, 6.45) is 3.07. The van der Waals surface area contributed by atoms with E-state index in [-0.39, 0.29) is 5.97 Å². The number of hydrogen-bond acceptors (Lipinski definition) is 4. The molecule has 0 saturated heterocycles. The molecule has 0 bridgehead atoms. The molecule has 4 nitrogen and oxygen atoms in total. The summed E-state index contributed by atoms with van der Waals surface area (Å²) >= 11 is 0. The van der Waals surface area contributed by atoms with E-state index in [9.17, 15) is 4.79 Å². The highest BCUT2D eigenvalue weighted by Crippen LogP contribution is 2.27. The molecule has 0 aromatic carbocycles. The van der Waals surface area contributed by atoms with E-state index in [0.717, 1.165) is 12.8 Å². The molecule has 0 fully saturated rings. The third-order valence-electron chi connectivity index (χ3n) is 2.61. The quantitative estimate of drug-likeness (QED) is 0.380. The summed E-state index contributed by atoms with van der Waals surface area (Å²) in [6, 6.07) is 0. The van der Waals surface area contributed by atoms with Crippen LogP contribution in [-0.2, 0) is 19.3 Å². The SMILES string of the molecule is CCCCC(CC)(OOCC)C(=O)OC(C)(C)C. The molecule has 4 heteroatoms. The molecular formula is C14H28O4. The first-order valence-electron chi connectivity index (χ1n) is 6.85. The van der Waals surface area contributed by atoms with Gasteiger partial charge in [-0.05, 0) is 40.5 Å². The second-order valence-electron chi connectivity index (χ2n) is 5.44. The van der Waals surface area contributed by atoms with Crippen molar-refractivity contribution in [2.45, 2.75) is 78.4 Å². The predicted octanol–water partition coefficient (Wildman–Crippen LogP) is 3.64. The standard InChI is InChI=1S/C14H28O4/c1-7-10-11-14(8-2,18-16-9-3)12(15)17-13(4,5)6/h7-11H2,1-6H3. The minimum absolute atomic E-state index is 0.334. The Morgan fingerprint density at radius 3 is 2.11 bits per heavy atom. The van der Waals surface area contributed by atoms with Gasteiger partial charge in [-0.15, -0.1) is 0 Å². The number of carbonyl (C=O) groups excluding carboxylic acids is 1. The molecule has 0 aliphatic carbocycles. The number of unbranched alkanes of at least 4 members (excludes halogenated alkanes) is 1. The Hall–Kier alpha value is -0.610. The van der Waals surface area contributed by atoms with Crippen LogP contribution >= 0.6 is 0 Å². The van der Waals surface area contributed by atoms with Crippen LogP contribution in [0.1, 0.15) is 67.2 Å². The Bertz CT molecular complexity index is 235. The number of ether oxygens (including phenoxy) is 1. The highest BCUT2D eigenvalue weighted by atomic mass is 17.2. The number of carbonyl (C=O) groups is 1. The maximum absolute atomic E-state index is 12.3. The molecule has 0 spiro atoms. The first kappa shape index (κ1) is 17.4. The van der Waals surface area contributed by atoms with Gasteiger partial charge in [-0.3, -0.25) is 0 Å². The monoisotopic (exact) mass is 260 g/mol. The highest BCUT2D eigenvalue weighted by molar-refractivity contribution is 5.79. The molecule has 0 aliphatic heterocycles. The zero-order valence-corrected chi connectivity index (χ0v) is 12.7. The first-order chi connectivity index (χ1) is 8.31. The van der Waals surface area contributed by atoms with Gasteiger partial charge in [-0.2, -0.15) is 0 Å². The zero-order valence-electron chi connectivity index (χ0n) is 12.7. The van der Waals surface area contributed by atoms with Gasteiger partial charge >= 0.3 is 5.97 Å². The topological polar surface area (TPSA) is 44.8 Å². The van der Waals surface area contributed by atoms with Crippen LogP contribution in [0.2, 0.25) is 0 Å². The molecule has 1 atom stereocenters. The van der Waals surface area contributed by atoms with E-state index in [1.165, 1.54) is 0 Å². The Morgan fingerprint density at radius 2 is 1.72 bits per heavy atom. The summed E-state index contributed by atoms with van der Waals surface area (Å²) in [6.45, 7) is 11.8. The van der Waals surface area contributed by atoms with Crippen molar-refractivity contribution in [3.05, 3.63) is 0 Å². The van der Waals surface area contributed by atoms with E-state index >= 15 is 0 Å². The van der Waals surface area contributed by atoms with Crippen molar-refractivity contribution < 1.29 is 19.3 Å². The van der Waals surface area contributed by atoms with Crippen LogP contribution in [-0.4, -0.2) is 23.8 Å². The van der Waals surface area contributed by atoms with Gasteiger partial charge in [0.05, 0.1) is 6.61 Å². The van der Waals surface area contributed by atoms with Gasteiger partial charge in [0.15, 0.2) is 5.60 Å². The smallest absolute Gasteiger partial charge is 0.342 e. The summed E-state index contributed by atoms with van der Waals surface area (Å²) in [4.78, 5) is 22.7. The van der Waals surface area contributed by atoms with Crippen molar-refractivity contribution in [3.8, 4) is 0 Å². The maximum atomic E-state index is 12.3. The lowest BCUT2D eigenvalue weighted by Crippen LogP contribution is -2.45. The van der Waals surface area contributed by atoms with E-state index in [1.54, 1.807) is 0 Å². The molecule has 0 aromatic heterocycles.